The van der Waals surface area contributed by atoms with Gasteiger partial charge in [-0.25, -0.2) is 0 Å². The zero-order valence-electron chi connectivity index (χ0n) is 7.71. The summed E-state index contributed by atoms with van der Waals surface area (Å²) in [6.07, 6.45) is 0. The van der Waals surface area contributed by atoms with E-state index in [4.69, 9.17) is 22.1 Å². The van der Waals surface area contributed by atoms with E-state index in [9.17, 15) is 4.79 Å². The number of hydrogen-bond acceptors (Lipinski definition) is 3. The maximum atomic E-state index is 11.7. The first-order valence-electron chi connectivity index (χ1n) is 4.33. The van der Waals surface area contributed by atoms with Crippen LogP contribution in [0.1, 0.15) is 15.9 Å². The Balaban J connectivity index is 2.64. The van der Waals surface area contributed by atoms with Crippen molar-refractivity contribution < 1.29 is 9.53 Å². The van der Waals surface area contributed by atoms with Gasteiger partial charge in [0, 0.05) is 0 Å². The second-order valence-electron chi connectivity index (χ2n) is 3.35. The molecule has 0 saturated carbocycles. The van der Waals surface area contributed by atoms with Crippen molar-refractivity contribution in [3.05, 3.63) is 28.3 Å². The van der Waals surface area contributed by atoms with Gasteiger partial charge in [-0.3, -0.25) is 4.79 Å². The Morgan fingerprint density at radius 2 is 2.29 bits per heavy atom. The van der Waals surface area contributed by atoms with E-state index in [-0.39, 0.29) is 12.4 Å². The summed E-state index contributed by atoms with van der Waals surface area (Å²) in [5.41, 5.74) is 6.97. The molecule has 74 valence electrons. The Hall–Kier alpha value is -1.06. The molecule has 0 bridgehead atoms. The van der Waals surface area contributed by atoms with E-state index in [1.165, 1.54) is 0 Å². The Morgan fingerprint density at radius 3 is 3.00 bits per heavy atom. The summed E-state index contributed by atoms with van der Waals surface area (Å²) in [5.74, 6) is 0.379. The highest BCUT2D eigenvalue weighted by atomic mass is 35.5. The van der Waals surface area contributed by atoms with E-state index in [2.05, 4.69) is 0 Å². The first-order valence-corrected chi connectivity index (χ1v) is 4.70. The summed E-state index contributed by atoms with van der Waals surface area (Å²) < 4.78 is 5.34. The molecule has 0 fully saturated rings. The lowest BCUT2D eigenvalue weighted by atomic mass is 9.97. The summed E-state index contributed by atoms with van der Waals surface area (Å²) in [7, 11) is 0. The van der Waals surface area contributed by atoms with Crippen LogP contribution in [0.3, 0.4) is 0 Å². The van der Waals surface area contributed by atoms with Crippen LogP contribution >= 0.6 is 11.6 Å². The fourth-order valence-corrected chi connectivity index (χ4v) is 1.75. The minimum atomic E-state index is -0.570. The van der Waals surface area contributed by atoms with Crippen molar-refractivity contribution in [1.82, 2.24) is 0 Å². The molecule has 0 aliphatic carbocycles. The number of rotatable bonds is 0. The van der Waals surface area contributed by atoms with E-state index in [0.717, 1.165) is 5.56 Å². The van der Waals surface area contributed by atoms with Crippen molar-refractivity contribution in [3.63, 3.8) is 0 Å². The number of ether oxygens (including phenoxy) is 1. The highest BCUT2D eigenvalue weighted by molar-refractivity contribution is 6.33. The van der Waals surface area contributed by atoms with Gasteiger partial charge in [0.25, 0.3) is 0 Å². The second kappa shape index (κ2) is 3.26. The van der Waals surface area contributed by atoms with Gasteiger partial charge in [0.05, 0.1) is 10.6 Å². The van der Waals surface area contributed by atoms with Crippen molar-refractivity contribution in [2.75, 3.05) is 6.61 Å². The number of ketones is 1. The molecule has 0 amide bonds. The second-order valence-corrected chi connectivity index (χ2v) is 3.76. The topological polar surface area (TPSA) is 52.3 Å². The van der Waals surface area contributed by atoms with Crippen LogP contribution in [0.25, 0.3) is 0 Å². The molecule has 1 aliphatic heterocycles. The van der Waals surface area contributed by atoms with Gasteiger partial charge in [-0.1, -0.05) is 17.7 Å². The molecule has 14 heavy (non-hydrogen) atoms. The molecule has 2 N–H and O–H groups in total. The molecule has 3 nitrogen and oxygen atoms in total. The molecule has 2 rings (SSSR count). The monoisotopic (exact) mass is 211 g/mol. The number of nitrogens with two attached hydrogens (primary N) is 1. The molecule has 1 aromatic carbocycles. The molecule has 1 heterocycles. The molecule has 1 aliphatic rings. The Kier molecular flexibility index (Phi) is 2.21. The Bertz CT molecular complexity index is 403. The van der Waals surface area contributed by atoms with Crippen LogP contribution in [-0.4, -0.2) is 18.4 Å². The third kappa shape index (κ3) is 1.29. The Labute approximate surface area is 86.8 Å². The van der Waals surface area contributed by atoms with Gasteiger partial charge >= 0.3 is 0 Å². The largest absolute Gasteiger partial charge is 0.489 e. The van der Waals surface area contributed by atoms with E-state index < -0.39 is 6.04 Å². The van der Waals surface area contributed by atoms with Crippen LogP contribution in [0, 0.1) is 6.92 Å². The summed E-state index contributed by atoms with van der Waals surface area (Å²) >= 11 is 5.91. The maximum absolute atomic E-state index is 11.7. The zero-order chi connectivity index (χ0) is 10.3. The summed E-state index contributed by atoms with van der Waals surface area (Å²) in [6, 6.07) is 2.94. The highest BCUT2D eigenvalue weighted by Crippen LogP contribution is 2.34. The number of halogens is 1. The van der Waals surface area contributed by atoms with Crippen molar-refractivity contribution in [2.45, 2.75) is 13.0 Å². The standard InChI is InChI=1S/C10H10ClNO2/c1-5-2-3-6(11)10-8(5)9(13)7(12)4-14-10/h2-3,7H,4,12H2,1H3. The molecule has 1 aromatic rings. The lowest BCUT2D eigenvalue weighted by molar-refractivity contribution is 0.0899. The molecule has 0 aromatic heterocycles. The number of hydrogen-bond donors (Lipinski definition) is 1. The first kappa shape index (κ1) is 9.49. The molecule has 0 spiro atoms. The molecule has 0 radical (unpaired) electrons. The van der Waals surface area contributed by atoms with Gasteiger partial charge < -0.3 is 10.5 Å². The van der Waals surface area contributed by atoms with E-state index in [1.807, 2.05) is 6.92 Å². The van der Waals surface area contributed by atoms with E-state index in [1.54, 1.807) is 12.1 Å². The third-order valence-electron chi connectivity index (χ3n) is 2.31. The first-order chi connectivity index (χ1) is 6.61. The van der Waals surface area contributed by atoms with Crippen LogP contribution in [-0.2, 0) is 0 Å². The minimum absolute atomic E-state index is 0.0914. The fourth-order valence-electron chi connectivity index (χ4n) is 1.54. The van der Waals surface area contributed by atoms with Gasteiger partial charge in [-0.15, -0.1) is 0 Å². The van der Waals surface area contributed by atoms with Crippen LogP contribution < -0.4 is 10.5 Å². The summed E-state index contributed by atoms with van der Waals surface area (Å²) in [4.78, 5) is 11.7. The van der Waals surface area contributed by atoms with Crippen molar-refractivity contribution in [2.24, 2.45) is 5.73 Å². The quantitative estimate of drug-likeness (QED) is 0.709. The van der Waals surface area contributed by atoms with Crippen LogP contribution in [0.2, 0.25) is 5.02 Å². The fraction of sp³-hybridized carbons (Fsp3) is 0.300. The van der Waals surface area contributed by atoms with Crippen LogP contribution in [0.15, 0.2) is 12.1 Å². The number of Topliss-reactive ketones (excluding diaryl/α,β-unsaturated/α-hetero) is 1. The average Bonchev–Trinajstić information content (AvgIpc) is 2.16. The average molecular weight is 212 g/mol. The number of carbonyl (C=O) groups is 1. The van der Waals surface area contributed by atoms with Gasteiger partial charge in [0.1, 0.15) is 18.4 Å². The van der Waals surface area contributed by atoms with Gasteiger partial charge in [0.15, 0.2) is 5.78 Å². The molecular formula is C10H10ClNO2. The number of aryl methyl sites for hydroxylation is 1. The molecule has 4 heteroatoms. The van der Waals surface area contributed by atoms with Crippen molar-refractivity contribution in [3.8, 4) is 5.75 Å². The SMILES string of the molecule is Cc1ccc(Cl)c2c1C(=O)C(N)CO2. The lowest BCUT2D eigenvalue weighted by Crippen LogP contribution is -2.40. The molecule has 0 saturated heterocycles. The van der Waals surface area contributed by atoms with Gasteiger partial charge in [-0.05, 0) is 18.6 Å². The Morgan fingerprint density at radius 1 is 1.57 bits per heavy atom. The zero-order valence-corrected chi connectivity index (χ0v) is 8.47. The van der Waals surface area contributed by atoms with Crippen molar-refractivity contribution >= 4 is 17.4 Å². The van der Waals surface area contributed by atoms with E-state index >= 15 is 0 Å². The third-order valence-corrected chi connectivity index (χ3v) is 2.61. The normalized spacial score (nSPS) is 20.2. The number of carbonyl (C=O) groups excluding carboxylic acids is 1. The predicted molar refractivity (Wildman–Crippen MR) is 54.0 cm³/mol. The maximum Gasteiger partial charge on any atom is 0.187 e. The minimum Gasteiger partial charge on any atom is -0.489 e. The van der Waals surface area contributed by atoms with Gasteiger partial charge in [0.2, 0.25) is 0 Å². The number of fused-ring (bicyclic) bond motifs is 1. The number of benzene rings is 1. The molecule has 1 unspecified atom stereocenters. The summed E-state index contributed by atoms with van der Waals surface area (Å²) in [5, 5.41) is 0.464. The molecule has 1 atom stereocenters. The van der Waals surface area contributed by atoms with Crippen LogP contribution in [0.5, 0.6) is 5.75 Å². The van der Waals surface area contributed by atoms with Crippen LogP contribution in [0.4, 0.5) is 0 Å². The molecular weight excluding hydrogens is 202 g/mol. The smallest absolute Gasteiger partial charge is 0.187 e. The van der Waals surface area contributed by atoms with Crippen molar-refractivity contribution in [1.29, 1.82) is 0 Å². The van der Waals surface area contributed by atoms with E-state index in [0.29, 0.717) is 16.3 Å². The predicted octanol–water partition coefficient (Wildman–Crippen LogP) is 1.55. The lowest BCUT2D eigenvalue weighted by Gasteiger charge is -2.23. The summed E-state index contributed by atoms with van der Waals surface area (Å²) in [6.45, 7) is 2.05. The van der Waals surface area contributed by atoms with Gasteiger partial charge in [-0.2, -0.15) is 0 Å². The highest BCUT2D eigenvalue weighted by Gasteiger charge is 2.28.